The molecule has 2 aliphatic rings. The molecule has 5 atom stereocenters. The number of rotatable bonds is 1. The van der Waals surface area contributed by atoms with Gasteiger partial charge in [0.05, 0.1) is 11.2 Å². The third-order valence-corrected chi connectivity index (χ3v) is 5.57. The van der Waals surface area contributed by atoms with Crippen molar-refractivity contribution in [2.45, 2.75) is 71.0 Å². The minimum Gasteiger partial charge on any atom is -0.390 e. The number of aliphatic hydroxyl groups is 2. The summed E-state index contributed by atoms with van der Waals surface area (Å²) in [5, 5.41) is 21.2. The molecule has 0 bridgehead atoms. The van der Waals surface area contributed by atoms with Gasteiger partial charge >= 0.3 is 0 Å². The first kappa shape index (κ1) is 13.4. The van der Waals surface area contributed by atoms with Crippen molar-refractivity contribution in [3.63, 3.8) is 0 Å². The summed E-state index contributed by atoms with van der Waals surface area (Å²) in [6.45, 7) is 8.48. The molecule has 0 aromatic carbocycles. The van der Waals surface area contributed by atoms with Crippen LogP contribution in [0.15, 0.2) is 0 Å². The van der Waals surface area contributed by atoms with E-state index in [1.807, 2.05) is 13.8 Å². The van der Waals surface area contributed by atoms with E-state index in [9.17, 15) is 10.2 Å². The van der Waals surface area contributed by atoms with Gasteiger partial charge in [0.2, 0.25) is 0 Å². The number of hydrogen-bond acceptors (Lipinski definition) is 2. The molecule has 2 saturated carbocycles. The molecule has 2 fully saturated rings. The van der Waals surface area contributed by atoms with Crippen LogP contribution in [-0.2, 0) is 0 Å². The van der Waals surface area contributed by atoms with Crippen LogP contribution in [0, 0.1) is 23.7 Å². The van der Waals surface area contributed by atoms with E-state index in [-0.39, 0.29) is 5.92 Å². The van der Waals surface area contributed by atoms with E-state index in [1.54, 1.807) is 0 Å². The summed E-state index contributed by atoms with van der Waals surface area (Å²) in [4.78, 5) is 0. The van der Waals surface area contributed by atoms with E-state index in [1.165, 1.54) is 0 Å². The van der Waals surface area contributed by atoms with Crippen LogP contribution in [0.1, 0.15) is 59.8 Å². The highest BCUT2D eigenvalue weighted by Crippen LogP contribution is 2.52. The van der Waals surface area contributed by atoms with E-state index in [0.29, 0.717) is 17.8 Å². The quantitative estimate of drug-likeness (QED) is 0.740. The Hall–Kier alpha value is -0.0800. The van der Waals surface area contributed by atoms with Crippen LogP contribution in [0.5, 0.6) is 0 Å². The molecule has 0 heterocycles. The maximum Gasteiger partial charge on any atom is 0.0651 e. The van der Waals surface area contributed by atoms with Crippen molar-refractivity contribution in [3.8, 4) is 0 Å². The van der Waals surface area contributed by atoms with Gasteiger partial charge in [-0.2, -0.15) is 0 Å². The largest absolute Gasteiger partial charge is 0.390 e. The van der Waals surface area contributed by atoms with Gasteiger partial charge in [-0.3, -0.25) is 0 Å². The first-order valence-corrected chi connectivity index (χ1v) is 7.19. The molecule has 2 heteroatoms. The summed E-state index contributed by atoms with van der Waals surface area (Å²) in [6.07, 6.45) is 4.92. The van der Waals surface area contributed by atoms with E-state index in [2.05, 4.69) is 13.8 Å². The fourth-order valence-corrected chi connectivity index (χ4v) is 4.14. The Morgan fingerprint density at radius 3 is 2.06 bits per heavy atom. The second-order valence-corrected chi connectivity index (χ2v) is 7.24. The normalized spacial score (nSPS) is 51.4. The molecule has 0 aliphatic heterocycles. The number of fused-ring (bicyclic) bond motifs is 1. The highest BCUT2D eigenvalue weighted by molar-refractivity contribution is 5.03. The fraction of sp³-hybridized carbons (Fsp3) is 1.00. The first-order valence-electron chi connectivity index (χ1n) is 7.19. The van der Waals surface area contributed by atoms with E-state index >= 15 is 0 Å². The predicted octanol–water partition coefficient (Wildman–Crippen LogP) is 2.97. The minimum absolute atomic E-state index is 0.285. The highest BCUT2D eigenvalue weighted by atomic mass is 16.3. The lowest BCUT2D eigenvalue weighted by molar-refractivity contribution is -0.0545. The standard InChI is InChI=1S/C15H28O2/c1-10(2)11-5-7-14(3,16)12-6-8-15(4,17)13(12)9-11/h10-13,16-17H,5-9H2,1-4H3/t11-,12-,13-,14-,15-/m1/s1. The van der Waals surface area contributed by atoms with Gasteiger partial charge in [0.1, 0.15) is 0 Å². The van der Waals surface area contributed by atoms with Crippen molar-refractivity contribution >= 4 is 0 Å². The molecular formula is C15H28O2. The predicted molar refractivity (Wildman–Crippen MR) is 69.6 cm³/mol. The summed E-state index contributed by atoms with van der Waals surface area (Å²) in [5.41, 5.74) is -1.14. The molecule has 2 N–H and O–H groups in total. The van der Waals surface area contributed by atoms with Gasteiger partial charge in [-0.25, -0.2) is 0 Å². The van der Waals surface area contributed by atoms with E-state index in [4.69, 9.17) is 0 Å². The zero-order chi connectivity index (χ0) is 12.8. The first-order chi connectivity index (χ1) is 7.74. The second-order valence-electron chi connectivity index (χ2n) is 7.24. The topological polar surface area (TPSA) is 40.5 Å². The smallest absolute Gasteiger partial charge is 0.0651 e. The van der Waals surface area contributed by atoms with E-state index < -0.39 is 11.2 Å². The SMILES string of the molecule is CC(C)[C@@H]1CC[C@@](C)(O)[C@@H]2CC[C@@](C)(O)[C@@H]2C1. The molecule has 100 valence electrons. The van der Waals surface area contributed by atoms with Gasteiger partial charge in [-0.05, 0) is 69.6 Å². The zero-order valence-electron chi connectivity index (χ0n) is 11.7. The third kappa shape index (κ3) is 2.39. The maximum absolute atomic E-state index is 10.6. The van der Waals surface area contributed by atoms with Gasteiger partial charge in [-0.15, -0.1) is 0 Å². The molecule has 0 radical (unpaired) electrons. The molecular weight excluding hydrogens is 212 g/mol. The molecule has 0 aromatic heterocycles. The monoisotopic (exact) mass is 240 g/mol. The molecule has 0 unspecified atom stereocenters. The molecule has 2 aliphatic carbocycles. The average molecular weight is 240 g/mol. The Balaban J connectivity index is 2.25. The molecule has 0 saturated heterocycles. The van der Waals surface area contributed by atoms with Gasteiger partial charge in [-0.1, -0.05) is 13.8 Å². The van der Waals surface area contributed by atoms with Crippen LogP contribution in [0.4, 0.5) is 0 Å². The maximum atomic E-state index is 10.6. The molecule has 0 amide bonds. The second kappa shape index (κ2) is 4.24. The Kier molecular flexibility index (Phi) is 3.33. The molecule has 2 nitrogen and oxygen atoms in total. The lowest BCUT2D eigenvalue weighted by Gasteiger charge is -2.35. The Morgan fingerprint density at radius 1 is 0.941 bits per heavy atom. The zero-order valence-corrected chi connectivity index (χ0v) is 11.7. The van der Waals surface area contributed by atoms with Crippen LogP contribution in [0.25, 0.3) is 0 Å². The number of hydrogen-bond donors (Lipinski definition) is 2. The Bertz CT molecular complexity index is 281. The Labute approximate surface area is 105 Å². The van der Waals surface area contributed by atoms with Crippen molar-refractivity contribution in [1.29, 1.82) is 0 Å². The van der Waals surface area contributed by atoms with Crippen LogP contribution in [-0.4, -0.2) is 21.4 Å². The average Bonchev–Trinajstić information content (AvgIpc) is 2.39. The van der Waals surface area contributed by atoms with Gasteiger partial charge in [0, 0.05) is 0 Å². The summed E-state index contributed by atoms with van der Waals surface area (Å²) >= 11 is 0. The molecule has 2 rings (SSSR count). The molecule has 0 aromatic rings. The van der Waals surface area contributed by atoms with Gasteiger partial charge in [0.15, 0.2) is 0 Å². The van der Waals surface area contributed by atoms with Crippen molar-refractivity contribution in [2.24, 2.45) is 23.7 Å². The van der Waals surface area contributed by atoms with Crippen LogP contribution in [0.3, 0.4) is 0 Å². The van der Waals surface area contributed by atoms with Crippen LogP contribution >= 0.6 is 0 Å². The highest BCUT2D eigenvalue weighted by Gasteiger charge is 2.52. The lowest BCUT2D eigenvalue weighted by atomic mass is 9.75. The minimum atomic E-state index is -0.575. The van der Waals surface area contributed by atoms with Crippen LogP contribution < -0.4 is 0 Å². The molecule has 0 spiro atoms. The van der Waals surface area contributed by atoms with Crippen molar-refractivity contribution in [2.75, 3.05) is 0 Å². The van der Waals surface area contributed by atoms with Crippen molar-refractivity contribution in [3.05, 3.63) is 0 Å². The summed E-state index contributed by atoms with van der Waals surface area (Å²) in [7, 11) is 0. The van der Waals surface area contributed by atoms with Gasteiger partial charge in [0.25, 0.3) is 0 Å². The van der Waals surface area contributed by atoms with Crippen molar-refractivity contribution < 1.29 is 10.2 Å². The summed E-state index contributed by atoms with van der Waals surface area (Å²) < 4.78 is 0. The van der Waals surface area contributed by atoms with Crippen LogP contribution in [0.2, 0.25) is 0 Å². The Morgan fingerprint density at radius 2 is 1.47 bits per heavy atom. The summed E-state index contributed by atoms with van der Waals surface area (Å²) in [6, 6.07) is 0. The van der Waals surface area contributed by atoms with Gasteiger partial charge < -0.3 is 10.2 Å². The summed E-state index contributed by atoms with van der Waals surface area (Å²) in [5.74, 6) is 1.88. The van der Waals surface area contributed by atoms with Crippen molar-refractivity contribution in [1.82, 2.24) is 0 Å². The van der Waals surface area contributed by atoms with E-state index in [0.717, 1.165) is 32.1 Å². The third-order valence-electron chi connectivity index (χ3n) is 5.57. The lowest BCUT2D eigenvalue weighted by Crippen LogP contribution is -2.40. The fourth-order valence-electron chi connectivity index (χ4n) is 4.14. The molecule has 17 heavy (non-hydrogen) atoms.